The molecule has 2 aromatic rings. The van der Waals surface area contributed by atoms with Gasteiger partial charge in [-0.2, -0.15) is 0 Å². The molecular weight excluding hydrogens is 320 g/mol. The van der Waals surface area contributed by atoms with Crippen molar-refractivity contribution in [3.8, 4) is 17.2 Å². The minimum absolute atomic E-state index is 0.267. The monoisotopic (exact) mass is 342 g/mol. The van der Waals surface area contributed by atoms with E-state index >= 15 is 0 Å². The van der Waals surface area contributed by atoms with E-state index < -0.39 is 0 Å². The third-order valence-electron chi connectivity index (χ3n) is 4.40. The van der Waals surface area contributed by atoms with Crippen LogP contribution in [0.15, 0.2) is 42.5 Å². The van der Waals surface area contributed by atoms with Crippen molar-refractivity contribution in [2.45, 2.75) is 18.4 Å². The predicted octanol–water partition coefficient (Wildman–Crippen LogP) is 3.52. The van der Waals surface area contributed by atoms with Crippen LogP contribution in [0.25, 0.3) is 0 Å². The van der Waals surface area contributed by atoms with Gasteiger partial charge in [0.1, 0.15) is 17.2 Å². The van der Waals surface area contributed by atoms with Crippen LogP contribution in [0.3, 0.4) is 0 Å². The van der Waals surface area contributed by atoms with Crippen molar-refractivity contribution in [1.82, 2.24) is 5.32 Å². The summed E-state index contributed by atoms with van der Waals surface area (Å²) in [6, 6.07) is 12.8. The summed E-state index contributed by atoms with van der Waals surface area (Å²) in [5.41, 5.74) is 1.35. The number of urea groups is 1. The van der Waals surface area contributed by atoms with Gasteiger partial charge in [-0.05, 0) is 42.7 Å². The van der Waals surface area contributed by atoms with E-state index in [1.54, 1.807) is 39.5 Å². The molecular formula is C19H22N2O4. The van der Waals surface area contributed by atoms with Crippen LogP contribution >= 0.6 is 0 Å². The second-order valence-corrected chi connectivity index (χ2v) is 5.96. The molecule has 0 heterocycles. The molecule has 6 nitrogen and oxygen atoms in total. The number of methoxy groups -OCH3 is 3. The Morgan fingerprint density at radius 2 is 1.56 bits per heavy atom. The molecule has 1 saturated carbocycles. The maximum Gasteiger partial charge on any atom is 0.320 e. The lowest BCUT2D eigenvalue weighted by Crippen LogP contribution is -2.38. The molecule has 132 valence electrons. The van der Waals surface area contributed by atoms with Gasteiger partial charge in [-0.15, -0.1) is 0 Å². The third-order valence-corrected chi connectivity index (χ3v) is 4.40. The van der Waals surface area contributed by atoms with Gasteiger partial charge in [0.05, 0.1) is 32.6 Å². The van der Waals surface area contributed by atoms with Crippen LogP contribution in [0.2, 0.25) is 0 Å². The lowest BCUT2D eigenvalue weighted by atomic mass is 10.1. The smallest absolute Gasteiger partial charge is 0.320 e. The minimum Gasteiger partial charge on any atom is -0.497 e. The van der Waals surface area contributed by atoms with Crippen molar-refractivity contribution >= 4 is 11.7 Å². The summed E-state index contributed by atoms with van der Waals surface area (Å²) >= 11 is 0. The zero-order valence-electron chi connectivity index (χ0n) is 14.6. The standard InChI is InChI=1S/C19H22N2O4/c1-23-14-6-4-13(5-7-14)19(10-11-19)21-18(22)20-16-9-8-15(24-2)12-17(16)25-3/h4-9,12H,10-11H2,1-3H3,(H2,20,21,22). The summed E-state index contributed by atoms with van der Waals surface area (Å²) in [6.45, 7) is 0. The highest BCUT2D eigenvalue weighted by Crippen LogP contribution is 2.46. The lowest BCUT2D eigenvalue weighted by molar-refractivity contribution is 0.247. The Labute approximate surface area is 147 Å². The van der Waals surface area contributed by atoms with Crippen molar-refractivity contribution in [2.24, 2.45) is 0 Å². The summed E-state index contributed by atoms with van der Waals surface area (Å²) in [7, 11) is 4.77. The largest absolute Gasteiger partial charge is 0.497 e. The summed E-state index contributed by atoms with van der Waals surface area (Å²) < 4.78 is 15.7. The average molecular weight is 342 g/mol. The maximum absolute atomic E-state index is 12.5. The molecule has 0 spiro atoms. The van der Waals surface area contributed by atoms with E-state index in [1.165, 1.54) is 0 Å². The van der Waals surface area contributed by atoms with E-state index in [0.717, 1.165) is 24.2 Å². The molecule has 2 N–H and O–H groups in total. The SMILES string of the molecule is COc1ccc(C2(NC(=O)Nc3ccc(OC)cc3OC)CC2)cc1. The highest BCUT2D eigenvalue weighted by molar-refractivity contribution is 5.92. The number of carbonyl (C=O) groups is 1. The molecule has 0 aliphatic heterocycles. The molecule has 1 aliphatic rings. The van der Waals surface area contributed by atoms with Crippen LogP contribution in [0.5, 0.6) is 17.2 Å². The molecule has 6 heteroatoms. The van der Waals surface area contributed by atoms with Gasteiger partial charge in [0, 0.05) is 6.07 Å². The Balaban J connectivity index is 1.70. The molecule has 1 fully saturated rings. The highest BCUT2D eigenvalue weighted by atomic mass is 16.5. The highest BCUT2D eigenvalue weighted by Gasteiger charge is 2.45. The number of amides is 2. The fraction of sp³-hybridized carbons (Fsp3) is 0.316. The molecule has 3 rings (SSSR count). The number of hydrogen-bond donors (Lipinski definition) is 2. The first-order valence-electron chi connectivity index (χ1n) is 8.06. The summed E-state index contributed by atoms with van der Waals surface area (Å²) in [4.78, 5) is 12.5. The van der Waals surface area contributed by atoms with Crippen LogP contribution in [0.1, 0.15) is 18.4 Å². The predicted molar refractivity (Wildman–Crippen MR) is 95.6 cm³/mol. The van der Waals surface area contributed by atoms with Gasteiger partial charge in [-0.25, -0.2) is 4.79 Å². The van der Waals surface area contributed by atoms with Crippen molar-refractivity contribution in [3.63, 3.8) is 0 Å². The van der Waals surface area contributed by atoms with Gasteiger partial charge in [0.15, 0.2) is 0 Å². The molecule has 0 atom stereocenters. The van der Waals surface area contributed by atoms with E-state index in [1.807, 2.05) is 24.3 Å². The van der Waals surface area contributed by atoms with E-state index in [-0.39, 0.29) is 11.6 Å². The first-order chi connectivity index (χ1) is 12.1. The molecule has 1 aliphatic carbocycles. The van der Waals surface area contributed by atoms with E-state index in [2.05, 4.69) is 10.6 Å². The van der Waals surface area contributed by atoms with E-state index in [9.17, 15) is 4.79 Å². The van der Waals surface area contributed by atoms with Crippen LogP contribution < -0.4 is 24.8 Å². The van der Waals surface area contributed by atoms with Gasteiger partial charge in [-0.3, -0.25) is 0 Å². The van der Waals surface area contributed by atoms with Gasteiger partial charge >= 0.3 is 6.03 Å². The topological polar surface area (TPSA) is 68.8 Å². The van der Waals surface area contributed by atoms with Gasteiger partial charge in [-0.1, -0.05) is 12.1 Å². The van der Waals surface area contributed by atoms with Crippen molar-refractivity contribution in [1.29, 1.82) is 0 Å². The number of ether oxygens (including phenoxy) is 3. The van der Waals surface area contributed by atoms with Crippen LogP contribution in [-0.4, -0.2) is 27.4 Å². The number of benzene rings is 2. The Bertz CT molecular complexity index is 755. The normalized spacial score (nSPS) is 14.4. The Kier molecular flexibility index (Phi) is 4.70. The maximum atomic E-state index is 12.5. The van der Waals surface area contributed by atoms with Crippen LogP contribution in [0.4, 0.5) is 10.5 Å². The number of hydrogen-bond acceptors (Lipinski definition) is 4. The molecule has 0 bridgehead atoms. The summed E-state index contributed by atoms with van der Waals surface area (Å²) in [5, 5.41) is 5.92. The second kappa shape index (κ2) is 6.93. The summed E-state index contributed by atoms with van der Waals surface area (Å²) in [6.07, 6.45) is 1.82. The summed E-state index contributed by atoms with van der Waals surface area (Å²) in [5.74, 6) is 2.01. The van der Waals surface area contributed by atoms with Crippen LogP contribution in [-0.2, 0) is 5.54 Å². The van der Waals surface area contributed by atoms with Crippen molar-refractivity contribution < 1.29 is 19.0 Å². The first-order valence-corrected chi connectivity index (χ1v) is 8.06. The zero-order valence-corrected chi connectivity index (χ0v) is 14.6. The lowest BCUT2D eigenvalue weighted by Gasteiger charge is -2.19. The van der Waals surface area contributed by atoms with Crippen molar-refractivity contribution in [2.75, 3.05) is 26.6 Å². The first kappa shape index (κ1) is 17.0. The number of anilines is 1. The van der Waals surface area contributed by atoms with Crippen molar-refractivity contribution in [3.05, 3.63) is 48.0 Å². The number of carbonyl (C=O) groups excluding carboxylic acids is 1. The Morgan fingerprint density at radius 3 is 2.12 bits per heavy atom. The number of nitrogens with one attached hydrogen (secondary N) is 2. The Hall–Kier alpha value is -2.89. The third kappa shape index (κ3) is 3.63. The van der Waals surface area contributed by atoms with Gasteiger partial charge < -0.3 is 24.8 Å². The average Bonchev–Trinajstić information content (AvgIpc) is 3.42. The Morgan fingerprint density at radius 1 is 0.920 bits per heavy atom. The number of rotatable bonds is 6. The quantitative estimate of drug-likeness (QED) is 0.843. The van der Waals surface area contributed by atoms with Crippen LogP contribution in [0, 0.1) is 0 Å². The fourth-order valence-electron chi connectivity index (χ4n) is 2.79. The molecule has 2 amide bonds. The molecule has 0 unspecified atom stereocenters. The minimum atomic E-state index is -0.309. The van der Waals surface area contributed by atoms with E-state index in [4.69, 9.17) is 14.2 Å². The van der Waals surface area contributed by atoms with E-state index in [0.29, 0.717) is 17.2 Å². The molecule has 0 saturated heterocycles. The van der Waals surface area contributed by atoms with Gasteiger partial charge in [0.2, 0.25) is 0 Å². The second-order valence-electron chi connectivity index (χ2n) is 5.96. The molecule has 0 aromatic heterocycles. The zero-order chi connectivity index (χ0) is 17.9. The molecule has 0 radical (unpaired) electrons. The fourth-order valence-corrected chi connectivity index (χ4v) is 2.79. The molecule has 2 aromatic carbocycles. The molecule has 25 heavy (non-hydrogen) atoms. The van der Waals surface area contributed by atoms with Gasteiger partial charge in [0.25, 0.3) is 0 Å².